The highest BCUT2D eigenvalue weighted by Crippen LogP contribution is 2.15. The minimum Gasteiger partial charge on any atom is -0.339 e. The lowest BCUT2D eigenvalue weighted by Crippen LogP contribution is -2.48. The normalized spacial score (nSPS) is 15.5. The lowest BCUT2D eigenvalue weighted by atomic mass is 10.2. The molecular formula is C17H22FN5OS. The molecule has 0 spiro atoms. The van der Waals surface area contributed by atoms with Gasteiger partial charge in [0.15, 0.2) is 0 Å². The number of hydrogen-bond acceptors (Lipinski definition) is 5. The third-order valence-electron chi connectivity index (χ3n) is 4.25. The number of carbonyl (C=O) groups is 1. The van der Waals surface area contributed by atoms with E-state index >= 15 is 0 Å². The number of aromatic amines is 1. The molecule has 1 aromatic carbocycles. The lowest BCUT2D eigenvalue weighted by molar-refractivity contribution is -0.130. The molecule has 134 valence electrons. The van der Waals surface area contributed by atoms with Crippen molar-refractivity contribution in [2.45, 2.75) is 25.0 Å². The van der Waals surface area contributed by atoms with Crippen LogP contribution in [0.15, 0.2) is 29.4 Å². The Labute approximate surface area is 150 Å². The summed E-state index contributed by atoms with van der Waals surface area (Å²) in [5.41, 5.74) is 0.703. The molecule has 3 rings (SSSR count). The number of aromatic nitrogens is 3. The van der Waals surface area contributed by atoms with Gasteiger partial charge in [0.1, 0.15) is 11.6 Å². The van der Waals surface area contributed by atoms with E-state index in [0.29, 0.717) is 36.1 Å². The molecule has 0 unspecified atom stereocenters. The monoisotopic (exact) mass is 363 g/mol. The van der Waals surface area contributed by atoms with E-state index in [1.807, 2.05) is 24.0 Å². The third kappa shape index (κ3) is 4.79. The predicted octanol–water partition coefficient (Wildman–Crippen LogP) is 1.94. The van der Waals surface area contributed by atoms with E-state index in [1.54, 1.807) is 6.07 Å². The Kier molecular flexibility index (Phi) is 6.04. The summed E-state index contributed by atoms with van der Waals surface area (Å²) in [4.78, 5) is 20.7. The molecule has 1 aromatic heterocycles. The number of amides is 1. The molecule has 0 radical (unpaired) electrons. The Morgan fingerprint density at radius 3 is 2.72 bits per heavy atom. The Morgan fingerprint density at radius 2 is 2.04 bits per heavy atom. The van der Waals surface area contributed by atoms with Crippen LogP contribution in [0.4, 0.5) is 4.39 Å². The fourth-order valence-electron chi connectivity index (χ4n) is 2.74. The van der Waals surface area contributed by atoms with Gasteiger partial charge in [-0.15, -0.1) is 5.10 Å². The molecule has 2 heterocycles. The SMILES string of the molecule is CCc1nc(SCC(=O)N2CCN(Cc3ccccc3F)CC2)n[nH]1. The number of hydrogen-bond donors (Lipinski definition) is 1. The lowest BCUT2D eigenvalue weighted by Gasteiger charge is -2.34. The van der Waals surface area contributed by atoms with Crippen LogP contribution >= 0.6 is 11.8 Å². The maximum Gasteiger partial charge on any atom is 0.233 e. The Hall–Kier alpha value is -1.93. The van der Waals surface area contributed by atoms with Crippen molar-refractivity contribution in [1.29, 1.82) is 0 Å². The molecule has 2 aromatic rings. The second-order valence-electron chi connectivity index (χ2n) is 5.96. The van der Waals surface area contributed by atoms with Crippen molar-refractivity contribution in [3.8, 4) is 0 Å². The summed E-state index contributed by atoms with van der Waals surface area (Å²) in [6, 6.07) is 6.84. The van der Waals surface area contributed by atoms with E-state index in [-0.39, 0.29) is 11.7 Å². The van der Waals surface area contributed by atoms with Crippen LogP contribution in [-0.4, -0.2) is 62.8 Å². The van der Waals surface area contributed by atoms with E-state index in [9.17, 15) is 9.18 Å². The molecule has 1 fully saturated rings. The summed E-state index contributed by atoms with van der Waals surface area (Å²) in [5.74, 6) is 1.10. The Bertz CT molecular complexity index is 715. The number of benzene rings is 1. The molecule has 0 saturated carbocycles. The molecule has 1 saturated heterocycles. The molecule has 6 nitrogen and oxygen atoms in total. The van der Waals surface area contributed by atoms with Gasteiger partial charge in [-0.2, -0.15) is 0 Å². The van der Waals surface area contributed by atoms with E-state index in [2.05, 4.69) is 20.1 Å². The molecular weight excluding hydrogens is 341 g/mol. The van der Waals surface area contributed by atoms with Gasteiger partial charge in [-0.3, -0.25) is 14.8 Å². The van der Waals surface area contributed by atoms with Gasteiger partial charge in [-0.1, -0.05) is 36.9 Å². The zero-order chi connectivity index (χ0) is 17.6. The average Bonchev–Trinajstić information content (AvgIpc) is 3.10. The second kappa shape index (κ2) is 8.44. The number of nitrogens with zero attached hydrogens (tertiary/aromatic N) is 4. The number of thioether (sulfide) groups is 1. The van der Waals surface area contributed by atoms with Crippen LogP contribution in [0.2, 0.25) is 0 Å². The van der Waals surface area contributed by atoms with Crippen molar-refractivity contribution in [2.75, 3.05) is 31.9 Å². The number of carbonyl (C=O) groups excluding carboxylic acids is 1. The Morgan fingerprint density at radius 1 is 1.28 bits per heavy atom. The first kappa shape index (κ1) is 17.9. The summed E-state index contributed by atoms with van der Waals surface area (Å²) in [6.45, 7) is 5.43. The van der Waals surface area contributed by atoms with Gasteiger partial charge < -0.3 is 4.90 Å². The standard InChI is InChI=1S/C17H22FN5OS/c1-2-15-19-17(21-20-15)25-12-16(24)23-9-7-22(8-10-23)11-13-5-3-4-6-14(13)18/h3-6H,2,7-12H2,1H3,(H,19,20,21). The summed E-state index contributed by atoms with van der Waals surface area (Å²) in [6.07, 6.45) is 0.797. The maximum absolute atomic E-state index is 13.7. The highest BCUT2D eigenvalue weighted by atomic mass is 32.2. The first-order valence-electron chi connectivity index (χ1n) is 8.43. The fraction of sp³-hybridized carbons (Fsp3) is 0.471. The van der Waals surface area contributed by atoms with Gasteiger partial charge in [-0.05, 0) is 6.07 Å². The van der Waals surface area contributed by atoms with E-state index in [1.165, 1.54) is 17.8 Å². The molecule has 0 bridgehead atoms. The zero-order valence-corrected chi connectivity index (χ0v) is 15.1. The van der Waals surface area contributed by atoms with Crippen molar-refractivity contribution in [1.82, 2.24) is 25.0 Å². The van der Waals surface area contributed by atoms with Crippen molar-refractivity contribution in [3.05, 3.63) is 41.5 Å². The van der Waals surface area contributed by atoms with Crippen molar-refractivity contribution < 1.29 is 9.18 Å². The molecule has 1 N–H and O–H groups in total. The first-order valence-corrected chi connectivity index (χ1v) is 9.42. The van der Waals surface area contributed by atoms with Crippen molar-refractivity contribution in [3.63, 3.8) is 0 Å². The topological polar surface area (TPSA) is 65.1 Å². The molecule has 1 amide bonds. The first-order chi connectivity index (χ1) is 12.2. The number of rotatable bonds is 6. The van der Waals surface area contributed by atoms with Gasteiger partial charge in [0.2, 0.25) is 11.1 Å². The van der Waals surface area contributed by atoms with Crippen molar-refractivity contribution >= 4 is 17.7 Å². The minimum absolute atomic E-state index is 0.0957. The fourth-order valence-corrected chi connectivity index (χ4v) is 3.46. The summed E-state index contributed by atoms with van der Waals surface area (Å²) in [7, 11) is 0. The minimum atomic E-state index is -0.171. The molecule has 1 aliphatic rings. The number of halogens is 1. The highest BCUT2D eigenvalue weighted by molar-refractivity contribution is 7.99. The van der Waals surface area contributed by atoms with Crippen LogP contribution < -0.4 is 0 Å². The molecule has 8 heteroatoms. The maximum atomic E-state index is 13.7. The number of piperazine rings is 1. The highest BCUT2D eigenvalue weighted by Gasteiger charge is 2.22. The van der Waals surface area contributed by atoms with E-state index in [0.717, 1.165) is 25.3 Å². The van der Waals surface area contributed by atoms with Gasteiger partial charge in [0.25, 0.3) is 0 Å². The summed E-state index contributed by atoms with van der Waals surface area (Å²) < 4.78 is 13.7. The van der Waals surface area contributed by atoms with Crippen LogP contribution in [-0.2, 0) is 17.8 Å². The van der Waals surface area contributed by atoms with Crippen LogP contribution in [0.5, 0.6) is 0 Å². The zero-order valence-electron chi connectivity index (χ0n) is 14.2. The summed E-state index contributed by atoms with van der Waals surface area (Å²) in [5, 5.41) is 7.55. The average molecular weight is 363 g/mol. The molecule has 0 aliphatic carbocycles. The molecule has 0 atom stereocenters. The van der Waals surface area contributed by atoms with E-state index < -0.39 is 0 Å². The van der Waals surface area contributed by atoms with Crippen LogP contribution in [0.25, 0.3) is 0 Å². The van der Waals surface area contributed by atoms with Gasteiger partial charge in [0.05, 0.1) is 5.75 Å². The molecule has 25 heavy (non-hydrogen) atoms. The van der Waals surface area contributed by atoms with E-state index in [4.69, 9.17) is 0 Å². The number of nitrogens with one attached hydrogen (secondary N) is 1. The number of H-pyrrole nitrogens is 1. The van der Waals surface area contributed by atoms with Gasteiger partial charge in [-0.25, -0.2) is 9.37 Å². The third-order valence-corrected chi connectivity index (χ3v) is 5.08. The molecule has 1 aliphatic heterocycles. The summed E-state index contributed by atoms with van der Waals surface area (Å²) >= 11 is 1.36. The number of aryl methyl sites for hydroxylation is 1. The largest absolute Gasteiger partial charge is 0.339 e. The van der Waals surface area contributed by atoms with Crippen molar-refractivity contribution in [2.24, 2.45) is 0 Å². The second-order valence-corrected chi connectivity index (χ2v) is 6.90. The van der Waals surface area contributed by atoms with Crippen LogP contribution in [0.3, 0.4) is 0 Å². The van der Waals surface area contributed by atoms with Gasteiger partial charge in [0, 0.05) is 44.7 Å². The van der Waals surface area contributed by atoms with Crippen LogP contribution in [0.1, 0.15) is 18.3 Å². The smallest absolute Gasteiger partial charge is 0.233 e. The Balaban J connectivity index is 1.43. The van der Waals surface area contributed by atoms with Gasteiger partial charge >= 0.3 is 0 Å². The quantitative estimate of drug-likeness (QED) is 0.795. The van der Waals surface area contributed by atoms with Crippen LogP contribution in [0, 0.1) is 5.82 Å². The predicted molar refractivity (Wildman–Crippen MR) is 94.7 cm³/mol.